The second-order valence-electron chi connectivity index (χ2n) is 3.63. The molecule has 0 aromatic carbocycles. The van der Waals surface area contributed by atoms with E-state index in [0.717, 1.165) is 0 Å². The molecule has 13 heavy (non-hydrogen) atoms. The van der Waals surface area contributed by atoms with E-state index in [1.165, 1.54) is 58.0 Å². The monoisotopic (exact) mass is 207 g/mol. The Labute approximate surface area is 90.1 Å². The summed E-state index contributed by atoms with van der Waals surface area (Å²) in [5.41, 5.74) is 0. The predicted octanol–water partition coefficient (Wildman–Crippen LogP) is -0.676. The van der Waals surface area contributed by atoms with Crippen molar-refractivity contribution >= 4 is 0 Å². The lowest BCUT2D eigenvalue weighted by atomic mass is 10.1. The van der Waals surface area contributed by atoms with Crippen molar-refractivity contribution in [2.24, 2.45) is 0 Å². The van der Waals surface area contributed by atoms with Gasteiger partial charge in [-0.05, 0) is 19.3 Å². The predicted molar refractivity (Wildman–Crippen MR) is 55.3 cm³/mol. The minimum atomic E-state index is 0. The number of rotatable bonds is 9. The number of hydrogen-bond acceptors (Lipinski definition) is 0. The van der Waals surface area contributed by atoms with Gasteiger partial charge < -0.3 is 17.7 Å². The van der Waals surface area contributed by atoms with E-state index >= 15 is 0 Å². The van der Waals surface area contributed by atoms with E-state index in [2.05, 4.69) is 19.2 Å². The third kappa shape index (κ3) is 15.0. The Hall–Kier alpha value is 0.250. The van der Waals surface area contributed by atoms with E-state index in [1.807, 2.05) is 0 Å². The molecular weight excluding hydrogens is 182 g/mol. The van der Waals surface area contributed by atoms with Crippen LogP contribution in [0, 0.1) is 0 Å². The summed E-state index contributed by atoms with van der Waals surface area (Å²) in [6.45, 7) is 7.22. The van der Waals surface area contributed by atoms with Crippen LogP contribution in [-0.4, -0.2) is 13.1 Å². The molecule has 0 saturated carbocycles. The van der Waals surface area contributed by atoms with Crippen LogP contribution in [-0.2, 0) is 0 Å². The Bertz CT molecular complexity index is 66.5. The Morgan fingerprint density at radius 1 is 0.692 bits per heavy atom. The first-order chi connectivity index (χ1) is 5.91. The second kappa shape index (κ2) is 14.8. The van der Waals surface area contributed by atoms with Crippen molar-refractivity contribution < 1.29 is 17.7 Å². The zero-order valence-corrected chi connectivity index (χ0v) is 10.1. The second-order valence-corrected chi connectivity index (χ2v) is 3.63. The highest BCUT2D eigenvalue weighted by Crippen LogP contribution is 2.00. The molecule has 0 radical (unpaired) electrons. The summed E-state index contributed by atoms with van der Waals surface area (Å²) in [7, 11) is 0. The van der Waals surface area contributed by atoms with Gasteiger partial charge in [0.2, 0.25) is 0 Å². The van der Waals surface area contributed by atoms with Crippen LogP contribution < -0.4 is 17.7 Å². The van der Waals surface area contributed by atoms with Crippen LogP contribution in [0.15, 0.2) is 0 Å². The smallest absolute Gasteiger partial charge is 0.0755 e. The third-order valence-corrected chi connectivity index (χ3v) is 2.27. The fourth-order valence-electron chi connectivity index (χ4n) is 1.39. The average molecular weight is 208 g/mol. The number of hydrogen-bond donors (Lipinski definition) is 1. The van der Waals surface area contributed by atoms with Crippen molar-refractivity contribution in [1.29, 1.82) is 0 Å². The molecule has 0 aliphatic heterocycles. The molecule has 0 fully saturated rings. The lowest BCUT2D eigenvalue weighted by Gasteiger charge is -2.00. The lowest BCUT2D eigenvalue weighted by Crippen LogP contribution is -3.00. The van der Waals surface area contributed by atoms with Gasteiger partial charge in [0.05, 0.1) is 13.1 Å². The summed E-state index contributed by atoms with van der Waals surface area (Å²) >= 11 is 0. The van der Waals surface area contributed by atoms with Gasteiger partial charge in [0, 0.05) is 0 Å². The summed E-state index contributed by atoms with van der Waals surface area (Å²) in [4.78, 5) is 0. The van der Waals surface area contributed by atoms with Crippen molar-refractivity contribution in [3.05, 3.63) is 0 Å². The topological polar surface area (TPSA) is 16.6 Å². The highest BCUT2D eigenvalue weighted by Gasteiger charge is 1.91. The van der Waals surface area contributed by atoms with E-state index in [1.54, 1.807) is 0 Å². The van der Waals surface area contributed by atoms with Gasteiger partial charge in [0.25, 0.3) is 0 Å². The number of nitrogens with two attached hydrogens (primary N) is 1. The molecule has 0 aliphatic carbocycles. The quantitative estimate of drug-likeness (QED) is 0.483. The van der Waals surface area contributed by atoms with Gasteiger partial charge in [0.1, 0.15) is 0 Å². The van der Waals surface area contributed by atoms with Crippen molar-refractivity contribution in [3.8, 4) is 0 Å². The first-order valence-corrected chi connectivity index (χ1v) is 5.73. The molecule has 0 aromatic rings. The van der Waals surface area contributed by atoms with Gasteiger partial charge in [-0.25, -0.2) is 0 Å². The van der Waals surface area contributed by atoms with Crippen LogP contribution in [0.4, 0.5) is 0 Å². The Morgan fingerprint density at radius 2 is 1.23 bits per heavy atom. The molecule has 0 rings (SSSR count). The van der Waals surface area contributed by atoms with E-state index in [9.17, 15) is 0 Å². The summed E-state index contributed by atoms with van der Waals surface area (Å²) in [5, 5.41) is 2.47. The molecule has 0 spiro atoms. The van der Waals surface area contributed by atoms with Gasteiger partial charge in [-0.1, -0.05) is 39.5 Å². The molecule has 1 nitrogen and oxygen atoms in total. The Morgan fingerprint density at radius 3 is 1.85 bits per heavy atom. The maximum absolute atomic E-state index is 2.47. The lowest BCUT2D eigenvalue weighted by molar-refractivity contribution is -0.655. The molecule has 0 heterocycles. The van der Waals surface area contributed by atoms with Gasteiger partial charge in [-0.15, -0.1) is 0 Å². The van der Waals surface area contributed by atoms with Crippen LogP contribution in [0.25, 0.3) is 0 Å². The van der Waals surface area contributed by atoms with Crippen molar-refractivity contribution in [2.45, 2.75) is 58.8 Å². The minimum absolute atomic E-state index is 0. The van der Waals surface area contributed by atoms with Crippen LogP contribution in [0.5, 0.6) is 0 Å². The standard InChI is InChI=1S/C11H25N.ClH/c1-3-5-7-8-9-11-12-10-6-4-2;/h12H,3-11H2,1-2H3;1H. The molecule has 0 saturated heterocycles. The normalized spacial score (nSPS) is 9.69. The van der Waals surface area contributed by atoms with E-state index in [0.29, 0.717) is 0 Å². The van der Waals surface area contributed by atoms with Gasteiger partial charge in [0.15, 0.2) is 0 Å². The Balaban J connectivity index is 0. The van der Waals surface area contributed by atoms with Crippen molar-refractivity contribution in [2.75, 3.05) is 13.1 Å². The number of halogens is 1. The van der Waals surface area contributed by atoms with Crippen molar-refractivity contribution in [3.63, 3.8) is 0 Å². The first kappa shape index (κ1) is 15.7. The fraction of sp³-hybridized carbons (Fsp3) is 1.00. The van der Waals surface area contributed by atoms with Crippen molar-refractivity contribution in [1.82, 2.24) is 0 Å². The Kier molecular flexibility index (Phi) is 17.8. The molecule has 82 valence electrons. The molecular formula is C11H26ClN. The van der Waals surface area contributed by atoms with Gasteiger partial charge in [-0.2, -0.15) is 0 Å². The fourth-order valence-corrected chi connectivity index (χ4v) is 1.39. The third-order valence-electron chi connectivity index (χ3n) is 2.27. The highest BCUT2D eigenvalue weighted by molar-refractivity contribution is 4.39. The first-order valence-electron chi connectivity index (χ1n) is 5.73. The SMILES string of the molecule is CCCCCCC[NH2+]CCCC.[Cl-]. The largest absolute Gasteiger partial charge is 1.00 e. The van der Waals surface area contributed by atoms with Crippen LogP contribution >= 0.6 is 0 Å². The van der Waals surface area contributed by atoms with Gasteiger partial charge >= 0.3 is 0 Å². The molecule has 0 atom stereocenters. The highest BCUT2D eigenvalue weighted by atomic mass is 35.5. The average Bonchev–Trinajstić information content (AvgIpc) is 2.10. The molecule has 0 aromatic heterocycles. The van der Waals surface area contributed by atoms with Crippen LogP contribution in [0.2, 0.25) is 0 Å². The molecule has 2 heteroatoms. The van der Waals surface area contributed by atoms with E-state index < -0.39 is 0 Å². The summed E-state index contributed by atoms with van der Waals surface area (Å²) in [6, 6.07) is 0. The molecule has 0 amide bonds. The zero-order valence-electron chi connectivity index (χ0n) is 9.32. The number of unbranched alkanes of at least 4 members (excludes halogenated alkanes) is 5. The molecule has 0 aliphatic rings. The summed E-state index contributed by atoms with van der Waals surface area (Å²) in [6.07, 6.45) is 9.81. The molecule has 2 N–H and O–H groups in total. The minimum Gasteiger partial charge on any atom is -1.00 e. The maximum atomic E-state index is 2.47. The summed E-state index contributed by atoms with van der Waals surface area (Å²) < 4.78 is 0. The molecule has 0 bridgehead atoms. The van der Waals surface area contributed by atoms with E-state index in [-0.39, 0.29) is 12.4 Å². The molecule has 0 unspecified atom stereocenters. The maximum Gasteiger partial charge on any atom is 0.0755 e. The van der Waals surface area contributed by atoms with Crippen LogP contribution in [0.1, 0.15) is 58.8 Å². The van der Waals surface area contributed by atoms with E-state index in [4.69, 9.17) is 0 Å². The van der Waals surface area contributed by atoms with Crippen LogP contribution in [0.3, 0.4) is 0 Å². The van der Waals surface area contributed by atoms with Gasteiger partial charge in [-0.3, -0.25) is 0 Å². The zero-order chi connectivity index (χ0) is 9.07. The summed E-state index contributed by atoms with van der Waals surface area (Å²) in [5.74, 6) is 0. The number of quaternary nitrogens is 1.